The van der Waals surface area contributed by atoms with Crippen LogP contribution in [0.25, 0.3) is 0 Å². The van der Waals surface area contributed by atoms with Crippen LogP contribution in [0.2, 0.25) is 0 Å². The first-order chi connectivity index (χ1) is 9.58. The lowest BCUT2D eigenvalue weighted by Gasteiger charge is -2.23. The Morgan fingerprint density at radius 2 is 1.95 bits per heavy atom. The maximum atomic E-state index is 13.4. The summed E-state index contributed by atoms with van der Waals surface area (Å²) in [6.45, 7) is 0. The van der Waals surface area contributed by atoms with E-state index < -0.39 is 23.5 Å². The van der Waals surface area contributed by atoms with E-state index in [1.807, 2.05) is 0 Å². The van der Waals surface area contributed by atoms with Gasteiger partial charge in [-0.2, -0.15) is 0 Å². The standard InChI is InChI=1S/C15H21FN2O2/c16-12-9-10(7-8-13(12)19)14(15(17)20)18-11-5-3-1-2-4-6-11/h7-9,11,14,18-19H,1-6H2,(H2,17,20). The van der Waals surface area contributed by atoms with Crippen molar-refractivity contribution >= 4 is 5.91 Å². The number of phenolic OH excluding ortho intramolecular Hbond substituents is 1. The molecule has 0 aliphatic heterocycles. The summed E-state index contributed by atoms with van der Waals surface area (Å²) in [4.78, 5) is 11.6. The highest BCUT2D eigenvalue weighted by molar-refractivity contribution is 5.81. The largest absolute Gasteiger partial charge is 0.505 e. The second kappa shape index (κ2) is 6.70. The number of rotatable bonds is 4. The van der Waals surface area contributed by atoms with Gasteiger partial charge < -0.3 is 10.8 Å². The summed E-state index contributed by atoms with van der Waals surface area (Å²) in [5.74, 6) is -1.69. The second-order valence-electron chi connectivity index (χ2n) is 5.40. The zero-order chi connectivity index (χ0) is 14.5. The molecule has 1 aromatic rings. The van der Waals surface area contributed by atoms with Gasteiger partial charge in [0.1, 0.15) is 6.04 Å². The maximum Gasteiger partial charge on any atom is 0.239 e. The number of benzene rings is 1. The van der Waals surface area contributed by atoms with Crippen molar-refractivity contribution in [3.05, 3.63) is 29.6 Å². The van der Waals surface area contributed by atoms with Gasteiger partial charge in [0.05, 0.1) is 0 Å². The third-order valence-electron chi connectivity index (χ3n) is 3.85. The zero-order valence-corrected chi connectivity index (χ0v) is 11.4. The average molecular weight is 280 g/mol. The van der Waals surface area contributed by atoms with Crippen LogP contribution in [0, 0.1) is 5.82 Å². The van der Waals surface area contributed by atoms with E-state index in [-0.39, 0.29) is 6.04 Å². The van der Waals surface area contributed by atoms with Gasteiger partial charge in [-0.05, 0) is 30.5 Å². The highest BCUT2D eigenvalue weighted by Crippen LogP contribution is 2.24. The van der Waals surface area contributed by atoms with Crippen LogP contribution in [-0.2, 0) is 4.79 Å². The van der Waals surface area contributed by atoms with Gasteiger partial charge in [0.2, 0.25) is 5.91 Å². The highest BCUT2D eigenvalue weighted by Gasteiger charge is 2.23. The third-order valence-corrected chi connectivity index (χ3v) is 3.85. The molecule has 5 heteroatoms. The van der Waals surface area contributed by atoms with E-state index >= 15 is 0 Å². The van der Waals surface area contributed by atoms with Crippen molar-refractivity contribution in [2.45, 2.75) is 50.6 Å². The van der Waals surface area contributed by atoms with Crippen molar-refractivity contribution in [3.8, 4) is 5.75 Å². The first-order valence-electron chi connectivity index (χ1n) is 7.11. The first kappa shape index (κ1) is 14.8. The summed E-state index contributed by atoms with van der Waals surface area (Å²) < 4.78 is 13.4. The number of primary amides is 1. The zero-order valence-electron chi connectivity index (χ0n) is 11.4. The lowest BCUT2D eigenvalue weighted by molar-refractivity contribution is -0.120. The van der Waals surface area contributed by atoms with Crippen LogP contribution < -0.4 is 11.1 Å². The Labute approximate surface area is 118 Å². The maximum absolute atomic E-state index is 13.4. The number of hydrogen-bond acceptors (Lipinski definition) is 3. The summed E-state index contributed by atoms with van der Waals surface area (Å²) in [6, 6.07) is 3.45. The minimum atomic E-state index is -0.739. The van der Waals surface area contributed by atoms with Gasteiger partial charge in [0, 0.05) is 6.04 Å². The summed E-state index contributed by atoms with van der Waals surface area (Å²) in [5.41, 5.74) is 5.88. The smallest absolute Gasteiger partial charge is 0.239 e. The van der Waals surface area contributed by atoms with Crippen LogP contribution >= 0.6 is 0 Å². The molecule has 20 heavy (non-hydrogen) atoms. The van der Waals surface area contributed by atoms with Gasteiger partial charge in [0.15, 0.2) is 11.6 Å². The van der Waals surface area contributed by atoms with Gasteiger partial charge in [-0.3, -0.25) is 10.1 Å². The molecule has 1 aromatic carbocycles. The molecular formula is C15H21FN2O2. The van der Waals surface area contributed by atoms with Gasteiger partial charge in [-0.15, -0.1) is 0 Å². The average Bonchev–Trinajstić information content (AvgIpc) is 2.67. The van der Waals surface area contributed by atoms with Crippen LogP contribution in [0.5, 0.6) is 5.75 Å². The molecule has 1 fully saturated rings. The Morgan fingerprint density at radius 1 is 1.30 bits per heavy atom. The first-order valence-corrected chi connectivity index (χ1v) is 7.11. The molecule has 0 aromatic heterocycles. The number of carbonyl (C=O) groups is 1. The fraction of sp³-hybridized carbons (Fsp3) is 0.533. The van der Waals surface area contributed by atoms with Crippen molar-refractivity contribution in [1.29, 1.82) is 0 Å². The monoisotopic (exact) mass is 280 g/mol. The summed E-state index contributed by atoms with van der Waals surface area (Å²) in [5, 5.41) is 12.4. The number of carbonyl (C=O) groups excluding carboxylic acids is 1. The molecule has 1 saturated carbocycles. The minimum absolute atomic E-state index is 0.229. The van der Waals surface area contributed by atoms with Gasteiger partial charge in [-0.1, -0.05) is 31.7 Å². The minimum Gasteiger partial charge on any atom is -0.505 e. The van der Waals surface area contributed by atoms with E-state index in [0.29, 0.717) is 5.56 Å². The topological polar surface area (TPSA) is 75.4 Å². The van der Waals surface area contributed by atoms with E-state index in [1.165, 1.54) is 25.0 Å². The van der Waals surface area contributed by atoms with Crippen molar-refractivity contribution in [3.63, 3.8) is 0 Å². The Hall–Kier alpha value is -1.62. The molecule has 1 atom stereocenters. The molecule has 1 aliphatic carbocycles. The predicted octanol–water partition coefficient (Wildman–Crippen LogP) is 2.37. The summed E-state index contributed by atoms with van der Waals surface area (Å²) >= 11 is 0. The number of phenols is 1. The van der Waals surface area contributed by atoms with Gasteiger partial charge >= 0.3 is 0 Å². The number of amides is 1. The number of aromatic hydroxyl groups is 1. The SMILES string of the molecule is NC(=O)C(NC1CCCCCC1)c1ccc(O)c(F)c1. The Morgan fingerprint density at radius 3 is 2.50 bits per heavy atom. The van der Waals surface area contributed by atoms with Crippen LogP contribution in [0.3, 0.4) is 0 Å². The molecule has 1 unspecified atom stereocenters. The molecule has 2 rings (SSSR count). The number of hydrogen-bond donors (Lipinski definition) is 3. The normalized spacial score (nSPS) is 18.4. The third kappa shape index (κ3) is 3.70. The van der Waals surface area contributed by atoms with E-state index in [1.54, 1.807) is 0 Å². The molecule has 0 saturated heterocycles. The number of halogens is 1. The summed E-state index contributed by atoms with van der Waals surface area (Å²) in [6.07, 6.45) is 6.70. The predicted molar refractivity (Wildman–Crippen MR) is 74.6 cm³/mol. The van der Waals surface area contributed by atoms with E-state index in [0.717, 1.165) is 31.7 Å². The van der Waals surface area contributed by atoms with Crippen molar-refractivity contribution in [2.75, 3.05) is 0 Å². The van der Waals surface area contributed by atoms with Crippen molar-refractivity contribution in [2.24, 2.45) is 5.73 Å². The van der Waals surface area contributed by atoms with Crippen molar-refractivity contribution < 1.29 is 14.3 Å². The Bertz CT molecular complexity index is 471. The van der Waals surface area contributed by atoms with E-state index in [2.05, 4.69) is 5.32 Å². The quantitative estimate of drug-likeness (QED) is 0.741. The molecule has 0 radical (unpaired) electrons. The second-order valence-corrected chi connectivity index (χ2v) is 5.40. The van der Waals surface area contributed by atoms with Crippen LogP contribution in [-0.4, -0.2) is 17.1 Å². The fourth-order valence-electron chi connectivity index (χ4n) is 2.73. The molecule has 4 nitrogen and oxygen atoms in total. The summed E-state index contributed by atoms with van der Waals surface area (Å²) in [7, 11) is 0. The van der Waals surface area contributed by atoms with E-state index in [4.69, 9.17) is 5.73 Å². The van der Waals surface area contributed by atoms with Gasteiger partial charge in [0.25, 0.3) is 0 Å². The van der Waals surface area contributed by atoms with Crippen LogP contribution in [0.1, 0.15) is 50.1 Å². The van der Waals surface area contributed by atoms with Crippen molar-refractivity contribution in [1.82, 2.24) is 5.32 Å². The Kier molecular flexibility index (Phi) is 4.95. The molecule has 1 aliphatic rings. The highest BCUT2D eigenvalue weighted by atomic mass is 19.1. The molecule has 0 heterocycles. The Balaban J connectivity index is 2.13. The molecule has 4 N–H and O–H groups in total. The fourth-order valence-corrected chi connectivity index (χ4v) is 2.73. The lowest BCUT2D eigenvalue weighted by atomic mass is 10.0. The van der Waals surface area contributed by atoms with E-state index in [9.17, 15) is 14.3 Å². The molecule has 0 bridgehead atoms. The lowest BCUT2D eigenvalue weighted by Crippen LogP contribution is -2.40. The molecule has 0 spiro atoms. The van der Waals surface area contributed by atoms with Crippen LogP contribution in [0.15, 0.2) is 18.2 Å². The molecule has 110 valence electrons. The number of nitrogens with one attached hydrogen (secondary N) is 1. The molecule has 1 amide bonds. The number of nitrogens with two attached hydrogens (primary N) is 1. The molecular weight excluding hydrogens is 259 g/mol. The van der Waals surface area contributed by atoms with Gasteiger partial charge in [-0.25, -0.2) is 4.39 Å². The van der Waals surface area contributed by atoms with Crippen LogP contribution in [0.4, 0.5) is 4.39 Å².